The van der Waals surface area contributed by atoms with E-state index in [1.165, 1.54) is 25.7 Å². The van der Waals surface area contributed by atoms with Gasteiger partial charge in [-0.15, -0.1) is 0 Å². The Labute approximate surface area is 186 Å². The second-order valence-corrected chi connectivity index (χ2v) is 8.18. The highest BCUT2D eigenvalue weighted by Crippen LogP contribution is 2.40. The van der Waals surface area contributed by atoms with Gasteiger partial charge in [-0.05, 0) is 43.2 Å². The number of guanidine groups is 1. The van der Waals surface area contributed by atoms with Crippen molar-refractivity contribution in [2.75, 3.05) is 26.8 Å². The van der Waals surface area contributed by atoms with Crippen molar-refractivity contribution in [2.45, 2.75) is 52.2 Å². The molecule has 3 rings (SSSR count). The molecule has 0 amide bonds. The van der Waals surface area contributed by atoms with Crippen LogP contribution in [0.3, 0.4) is 0 Å². The number of benzene rings is 1. The number of aliphatic imine (C=N–C) groups is 1. The third kappa shape index (κ3) is 7.24. The maximum atomic E-state index is 5.98. The van der Waals surface area contributed by atoms with Gasteiger partial charge in [0.2, 0.25) is 5.88 Å². The lowest BCUT2D eigenvalue weighted by Crippen LogP contribution is -2.43. The molecule has 2 N–H and O–H groups in total. The fraction of sp³-hybridized carbons (Fsp3) is 0.520. The molecule has 0 atom stereocenters. The van der Waals surface area contributed by atoms with Crippen LogP contribution in [0.15, 0.2) is 53.7 Å². The summed E-state index contributed by atoms with van der Waals surface area (Å²) in [6.45, 7) is 5.70. The first kappa shape index (κ1) is 23.1. The SMILES string of the molecule is CCOCCC1(CNC(=NC)NCc2cccnc2OCc2ccccc2)CCCC1. The van der Waals surface area contributed by atoms with E-state index in [2.05, 4.69) is 39.7 Å². The van der Waals surface area contributed by atoms with Crippen molar-refractivity contribution in [3.8, 4) is 5.88 Å². The van der Waals surface area contributed by atoms with Crippen LogP contribution in [0.5, 0.6) is 5.88 Å². The fourth-order valence-corrected chi connectivity index (χ4v) is 4.16. The molecule has 1 aliphatic rings. The molecule has 0 bridgehead atoms. The molecule has 1 fully saturated rings. The number of rotatable bonds is 11. The van der Waals surface area contributed by atoms with Crippen LogP contribution in [0, 0.1) is 5.41 Å². The lowest BCUT2D eigenvalue weighted by molar-refractivity contribution is 0.105. The Morgan fingerprint density at radius 3 is 2.65 bits per heavy atom. The third-order valence-electron chi connectivity index (χ3n) is 6.01. The number of nitrogens with one attached hydrogen (secondary N) is 2. The Balaban J connectivity index is 1.52. The predicted octanol–water partition coefficient (Wildman–Crippen LogP) is 4.31. The van der Waals surface area contributed by atoms with Gasteiger partial charge in [0, 0.05) is 45.1 Å². The molecule has 1 aromatic heterocycles. The summed E-state index contributed by atoms with van der Waals surface area (Å²) in [5, 5.41) is 6.97. The van der Waals surface area contributed by atoms with Gasteiger partial charge in [0.1, 0.15) is 6.61 Å². The molecule has 1 aliphatic carbocycles. The quantitative estimate of drug-likeness (QED) is 0.320. The first-order chi connectivity index (χ1) is 15.2. The van der Waals surface area contributed by atoms with Gasteiger partial charge in [0.15, 0.2) is 5.96 Å². The molecule has 0 saturated heterocycles. The second-order valence-electron chi connectivity index (χ2n) is 8.18. The lowest BCUT2D eigenvalue weighted by atomic mass is 9.83. The van der Waals surface area contributed by atoms with Crippen LogP contribution in [-0.2, 0) is 17.9 Å². The summed E-state index contributed by atoms with van der Waals surface area (Å²) in [4.78, 5) is 8.84. The van der Waals surface area contributed by atoms with Gasteiger partial charge in [-0.2, -0.15) is 0 Å². The molecular formula is C25H36N4O2. The van der Waals surface area contributed by atoms with Crippen molar-refractivity contribution in [1.82, 2.24) is 15.6 Å². The molecule has 1 aromatic carbocycles. The second kappa shape index (κ2) is 12.3. The first-order valence-corrected chi connectivity index (χ1v) is 11.4. The van der Waals surface area contributed by atoms with Gasteiger partial charge in [-0.1, -0.05) is 49.2 Å². The molecule has 0 spiro atoms. The number of aromatic nitrogens is 1. The Bertz CT molecular complexity index is 804. The Morgan fingerprint density at radius 2 is 1.90 bits per heavy atom. The van der Waals surface area contributed by atoms with Crippen molar-refractivity contribution in [3.05, 3.63) is 59.8 Å². The summed E-state index contributed by atoms with van der Waals surface area (Å²) in [6, 6.07) is 14.1. The molecule has 0 radical (unpaired) electrons. The van der Waals surface area contributed by atoms with E-state index in [4.69, 9.17) is 9.47 Å². The molecule has 6 heteroatoms. The van der Waals surface area contributed by atoms with Crippen LogP contribution in [0.25, 0.3) is 0 Å². The Kier molecular flexibility index (Phi) is 9.16. The largest absolute Gasteiger partial charge is 0.473 e. The maximum absolute atomic E-state index is 5.98. The molecule has 1 saturated carbocycles. The highest BCUT2D eigenvalue weighted by Gasteiger charge is 2.33. The van der Waals surface area contributed by atoms with E-state index >= 15 is 0 Å². The van der Waals surface area contributed by atoms with Gasteiger partial charge in [0.05, 0.1) is 0 Å². The standard InChI is InChI=1S/C25H36N4O2/c1-3-30-17-15-25(13-7-8-14-25)20-29-24(26-2)28-18-22-12-9-16-27-23(22)31-19-21-10-5-4-6-11-21/h4-6,9-12,16H,3,7-8,13-15,17-20H2,1-2H3,(H2,26,28,29). The van der Waals surface area contributed by atoms with Crippen molar-refractivity contribution in [3.63, 3.8) is 0 Å². The summed E-state index contributed by atoms with van der Waals surface area (Å²) in [7, 11) is 1.81. The number of ether oxygens (including phenoxy) is 2. The van der Waals surface area contributed by atoms with Gasteiger partial charge >= 0.3 is 0 Å². The maximum Gasteiger partial charge on any atom is 0.218 e. The number of nitrogens with zero attached hydrogens (tertiary/aromatic N) is 2. The van der Waals surface area contributed by atoms with Crippen LogP contribution in [0.2, 0.25) is 0 Å². The van der Waals surface area contributed by atoms with E-state index in [9.17, 15) is 0 Å². The van der Waals surface area contributed by atoms with Gasteiger partial charge in [-0.3, -0.25) is 4.99 Å². The lowest BCUT2D eigenvalue weighted by Gasteiger charge is -2.30. The van der Waals surface area contributed by atoms with Crippen LogP contribution in [0.1, 0.15) is 50.2 Å². The van der Waals surface area contributed by atoms with Crippen molar-refractivity contribution < 1.29 is 9.47 Å². The first-order valence-electron chi connectivity index (χ1n) is 11.4. The molecular weight excluding hydrogens is 388 g/mol. The predicted molar refractivity (Wildman–Crippen MR) is 125 cm³/mol. The van der Waals surface area contributed by atoms with E-state index in [-0.39, 0.29) is 0 Å². The Morgan fingerprint density at radius 1 is 1.10 bits per heavy atom. The van der Waals surface area contributed by atoms with Crippen molar-refractivity contribution in [2.24, 2.45) is 10.4 Å². The van der Waals surface area contributed by atoms with Crippen LogP contribution in [0.4, 0.5) is 0 Å². The minimum Gasteiger partial charge on any atom is -0.473 e. The number of hydrogen-bond acceptors (Lipinski definition) is 4. The highest BCUT2D eigenvalue weighted by atomic mass is 16.5. The molecule has 0 unspecified atom stereocenters. The number of pyridine rings is 1. The highest BCUT2D eigenvalue weighted by molar-refractivity contribution is 5.79. The van der Waals surface area contributed by atoms with Crippen molar-refractivity contribution in [1.29, 1.82) is 0 Å². The van der Waals surface area contributed by atoms with Gasteiger partial charge < -0.3 is 20.1 Å². The van der Waals surface area contributed by atoms with Gasteiger partial charge in [0.25, 0.3) is 0 Å². The average Bonchev–Trinajstić information content (AvgIpc) is 3.28. The summed E-state index contributed by atoms with van der Waals surface area (Å²) < 4.78 is 11.6. The molecule has 1 heterocycles. The normalized spacial score (nSPS) is 15.6. The van der Waals surface area contributed by atoms with E-state index in [0.29, 0.717) is 24.4 Å². The van der Waals surface area contributed by atoms with Crippen LogP contribution < -0.4 is 15.4 Å². The zero-order valence-corrected chi connectivity index (χ0v) is 18.9. The zero-order chi connectivity index (χ0) is 21.8. The molecule has 6 nitrogen and oxygen atoms in total. The van der Waals surface area contributed by atoms with E-state index < -0.39 is 0 Å². The monoisotopic (exact) mass is 424 g/mol. The van der Waals surface area contributed by atoms with Crippen molar-refractivity contribution >= 4 is 5.96 Å². The smallest absolute Gasteiger partial charge is 0.218 e. The molecule has 2 aromatic rings. The summed E-state index contributed by atoms with van der Waals surface area (Å²) in [5.41, 5.74) is 2.44. The minimum atomic E-state index is 0.311. The molecule has 31 heavy (non-hydrogen) atoms. The topological polar surface area (TPSA) is 67.8 Å². The van der Waals surface area contributed by atoms with E-state index in [1.54, 1.807) is 6.20 Å². The minimum absolute atomic E-state index is 0.311. The molecule has 0 aliphatic heterocycles. The van der Waals surface area contributed by atoms with Crippen LogP contribution >= 0.6 is 0 Å². The fourth-order valence-electron chi connectivity index (χ4n) is 4.16. The number of hydrogen-bond donors (Lipinski definition) is 2. The summed E-state index contributed by atoms with van der Waals surface area (Å²) in [6.07, 6.45) is 7.98. The Hall–Kier alpha value is -2.60. The third-order valence-corrected chi connectivity index (χ3v) is 6.01. The average molecular weight is 425 g/mol. The summed E-state index contributed by atoms with van der Waals surface area (Å²) >= 11 is 0. The van der Waals surface area contributed by atoms with E-state index in [0.717, 1.165) is 43.3 Å². The van der Waals surface area contributed by atoms with Crippen LogP contribution in [-0.4, -0.2) is 37.7 Å². The summed E-state index contributed by atoms with van der Waals surface area (Å²) in [5.74, 6) is 1.46. The van der Waals surface area contributed by atoms with E-state index in [1.807, 2.05) is 37.4 Å². The zero-order valence-electron chi connectivity index (χ0n) is 18.9. The molecule has 168 valence electrons. The van der Waals surface area contributed by atoms with Gasteiger partial charge in [-0.25, -0.2) is 4.98 Å².